The number of carboxylic acids is 1. The summed E-state index contributed by atoms with van der Waals surface area (Å²) in [5, 5.41) is 11.2. The number of para-hydroxylation sites is 1. The maximum Gasteiger partial charge on any atom is 0.405 e. The minimum Gasteiger partial charge on any atom is -0.478 e. The largest absolute Gasteiger partial charge is 0.478 e. The van der Waals surface area contributed by atoms with E-state index in [2.05, 4.69) is 0 Å². The molecule has 0 saturated heterocycles. The van der Waals surface area contributed by atoms with E-state index >= 15 is 0 Å². The Kier molecular flexibility index (Phi) is 3.88. The van der Waals surface area contributed by atoms with Gasteiger partial charge in [0.25, 0.3) is 0 Å². The second-order valence-electron chi connectivity index (χ2n) is 4.38. The molecule has 21 heavy (non-hydrogen) atoms. The number of hydrogen-bond donors (Lipinski definition) is 2. The Labute approximate surface area is 117 Å². The van der Waals surface area contributed by atoms with Crippen molar-refractivity contribution in [1.82, 2.24) is 9.88 Å². The molecular weight excluding hydrogens is 289 g/mol. The van der Waals surface area contributed by atoms with Crippen molar-refractivity contribution < 1.29 is 27.9 Å². The number of aromatic carboxylic acids is 1. The summed E-state index contributed by atoms with van der Waals surface area (Å²) in [5.74, 6) is -2.01. The summed E-state index contributed by atoms with van der Waals surface area (Å²) in [6.45, 7) is -1.80. The van der Waals surface area contributed by atoms with Crippen molar-refractivity contribution in [2.24, 2.45) is 0 Å². The zero-order valence-corrected chi connectivity index (χ0v) is 10.6. The Hall–Kier alpha value is -2.51. The highest BCUT2D eigenvalue weighted by atomic mass is 19.4. The van der Waals surface area contributed by atoms with Crippen LogP contribution in [0, 0.1) is 0 Å². The molecule has 0 radical (unpaired) electrons. The molecule has 0 bridgehead atoms. The summed E-state index contributed by atoms with van der Waals surface area (Å²) in [4.78, 5) is 22.6. The molecule has 2 rings (SSSR count). The molecule has 1 aromatic carbocycles. The number of aromatic nitrogens is 1. The Morgan fingerprint density at radius 3 is 2.52 bits per heavy atom. The molecule has 0 saturated carbocycles. The van der Waals surface area contributed by atoms with Gasteiger partial charge in [0.05, 0.1) is 5.56 Å². The van der Waals surface area contributed by atoms with Gasteiger partial charge in [-0.05, 0) is 6.07 Å². The maximum atomic E-state index is 12.0. The van der Waals surface area contributed by atoms with Gasteiger partial charge in [-0.3, -0.25) is 4.79 Å². The van der Waals surface area contributed by atoms with Crippen molar-refractivity contribution in [3.8, 4) is 0 Å². The van der Waals surface area contributed by atoms with Crippen LogP contribution in [0.5, 0.6) is 0 Å². The molecule has 0 aliphatic heterocycles. The summed E-state index contributed by atoms with van der Waals surface area (Å²) in [5.41, 5.74) is 0.464. The average Bonchev–Trinajstić information content (AvgIpc) is 2.75. The van der Waals surface area contributed by atoms with E-state index in [-0.39, 0.29) is 12.1 Å². The number of hydrogen-bond acceptors (Lipinski definition) is 2. The standard InChI is InChI=1S/C13H11F3N2O3/c14-13(15,16)7-17-11(19)6-18-5-9(12(20)21)8-3-1-2-4-10(8)18/h1-5H,6-7H2,(H,17,19)(H,20,21). The molecule has 112 valence electrons. The van der Waals surface area contributed by atoms with Gasteiger partial charge in [0.1, 0.15) is 13.1 Å². The lowest BCUT2D eigenvalue weighted by atomic mass is 10.2. The third-order valence-electron chi connectivity index (χ3n) is 2.82. The molecule has 2 N–H and O–H groups in total. The van der Waals surface area contributed by atoms with E-state index in [1.165, 1.54) is 10.8 Å². The topological polar surface area (TPSA) is 71.3 Å². The van der Waals surface area contributed by atoms with E-state index in [0.717, 1.165) is 0 Å². The minimum atomic E-state index is -4.49. The zero-order chi connectivity index (χ0) is 15.6. The van der Waals surface area contributed by atoms with Crippen molar-refractivity contribution in [3.63, 3.8) is 0 Å². The van der Waals surface area contributed by atoms with Gasteiger partial charge in [-0.1, -0.05) is 18.2 Å². The molecule has 5 nitrogen and oxygen atoms in total. The van der Waals surface area contributed by atoms with Crippen LogP contribution in [0.15, 0.2) is 30.5 Å². The quantitative estimate of drug-likeness (QED) is 0.907. The summed E-state index contributed by atoms with van der Waals surface area (Å²) in [6, 6.07) is 6.46. The van der Waals surface area contributed by atoms with Gasteiger partial charge in [-0.15, -0.1) is 0 Å². The average molecular weight is 300 g/mol. The summed E-state index contributed by atoms with van der Waals surface area (Å²) < 4.78 is 37.4. The van der Waals surface area contributed by atoms with Gasteiger partial charge in [0.2, 0.25) is 5.91 Å². The Bertz CT molecular complexity index is 692. The van der Waals surface area contributed by atoms with Crippen molar-refractivity contribution in [2.75, 3.05) is 6.54 Å². The fourth-order valence-corrected chi connectivity index (χ4v) is 1.96. The fraction of sp³-hybridized carbons (Fsp3) is 0.231. The predicted octanol–water partition coefficient (Wildman–Crippen LogP) is 2.02. The molecule has 2 aromatic rings. The number of alkyl halides is 3. The number of carbonyl (C=O) groups excluding carboxylic acids is 1. The van der Waals surface area contributed by atoms with Crippen LogP contribution in [0.2, 0.25) is 0 Å². The van der Waals surface area contributed by atoms with Crippen LogP contribution < -0.4 is 5.32 Å². The minimum absolute atomic E-state index is 0.00535. The SMILES string of the molecule is O=C(Cn1cc(C(=O)O)c2ccccc21)NCC(F)(F)F. The normalized spacial score (nSPS) is 11.6. The lowest BCUT2D eigenvalue weighted by Crippen LogP contribution is -2.35. The first-order chi connectivity index (χ1) is 9.78. The van der Waals surface area contributed by atoms with E-state index in [0.29, 0.717) is 10.9 Å². The van der Waals surface area contributed by atoms with Crippen LogP contribution in [0.3, 0.4) is 0 Å². The highest BCUT2D eigenvalue weighted by Gasteiger charge is 2.27. The third kappa shape index (κ3) is 3.53. The molecular formula is C13H11F3N2O3. The molecule has 0 spiro atoms. The van der Waals surface area contributed by atoms with Crippen molar-refractivity contribution in [2.45, 2.75) is 12.7 Å². The maximum absolute atomic E-state index is 12.0. The second kappa shape index (κ2) is 5.47. The molecule has 0 aliphatic rings. The second-order valence-corrected chi connectivity index (χ2v) is 4.38. The number of halogens is 3. The van der Waals surface area contributed by atoms with Crippen LogP contribution in [-0.2, 0) is 11.3 Å². The Morgan fingerprint density at radius 1 is 1.24 bits per heavy atom. The molecule has 0 aliphatic carbocycles. The van der Waals surface area contributed by atoms with E-state index < -0.39 is 24.6 Å². The summed E-state index contributed by atoms with van der Waals surface area (Å²) >= 11 is 0. The first-order valence-corrected chi connectivity index (χ1v) is 5.92. The number of carboxylic acid groups (broad SMARTS) is 1. The number of carbonyl (C=O) groups is 2. The Balaban J connectivity index is 2.23. The number of nitrogens with one attached hydrogen (secondary N) is 1. The van der Waals surface area contributed by atoms with Crippen LogP contribution in [0.25, 0.3) is 10.9 Å². The van der Waals surface area contributed by atoms with E-state index in [1.807, 2.05) is 0 Å². The van der Waals surface area contributed by atoms with Gasteiger partial charge in [-0.2, -0.15) is 13.2 Å². The van der Waals surface area contributed by atoms with Gasteiger partial charge in [-0.25, -0.2) is 4.79 Å². The molecule has 1 heterocycles. The van der Waals surface area contributed by atoms with Crippen molar-refractivity contribution in [1.29, 1.82) is 0 Å². The summed E-state index contributed by atoms with van der Waals surface area (Å²) in [7, 11) is 0. The van der Waals surface area contributed by atoms with Gasteiger partial charge in [0.15, 0.2) is 0 Å². The van der Waals surface area contributed by atoms with Crippen LogP contribution >= 0.6 is 0 Å². The smallest absolute Gasteiger partial charge is 0.405 e. The van der Waals surface area contributed by atoms with Crippen molar-refractivity contribution >= 4 is 22.8 Å². The molecule has 0 fully saturated rings. The van der Waals surface area contributed by atoms with Gasteiger partial charge in [0, 0.05) is 17.1 Å². The Morgan fingerprint density at radius 2 is 1.90 bits per heavy atom. The molecule has 0 atom stereocenters. The first-order valence-electron chi connectivity index (χ1n) is 5.92. The van der Waals surface area contributed by atoms with E-state index in [9.17, 15) is 22.8 Å². The molecule has 1 amide bonds. The van der Waals surface area contributed by atoms with Crippen molar-refractivity contribution in [3.05, 3.63) is 36.0 Å². The summed E-state index contributed by atoms with van der Waals surface area (Å²) in [6.07, 6.45) is -3.25. The molecule has 0 unspecified atom stereocenters. The molecule has 1 aromatic heterocycles. The monoisotopic (exact) mass is 300 g/mol. The zero-order valence-electron chi connectivity index (χ0n) is 10.6. The van der Waals surface area contributed by atoms with E-state index in [4.69, 9.17) is 5.11 Å². The van der Waals surface area contributed by atoms with Gasteiger partial charge >= 0.3 is 12.1 Å². The highest BCUT2D eigenvalue weighted by Crippen LogP contribution is 2.21. The van der Waals surface area contributed by atoms with Crippen LogP contribution in [0.1, 0.15) is 10.4 Å². The fourth-order valence-electron chi connectivity index (χ4n) is 1.96. The first kappa shape index (κ1) is 14.9. The number of nitrogens with zero attached hydrogens (tertiary/aromatic N) is 1. The number of rotatable bonds is 4. The number of benzene rings is 1. The highest BCUT2D eigenvalue weighted by molar-refractivity contribution is 6.03. The molecule has 8 heteroatoms. The number of fused-ring (bicyclic) bond motifs is 1. The third-order valence-corrected chi connectivity index (χ3v) is 2.82. The van der Waals surface area contributed by atoms with Crippen LogP contribution in [0.4, 0.5) is 13.2 Å². The van der Waals surface area contributed by atoms with E-state index in [1.54, 1.807) is 29.6 Å². The van der Waals surface area contributed by atoms with Crippen LogP contribution in [-0.4, -0.2) is 34.3 Å². The lowest BCUT2D eigenvalue weighted by molar-refractivity contribution is -0.138. The predicted molar refractivity (Wildman–Crippen MR) is 68.0 cm³/mol. The lowest BCUT2D eigenvalue weighted by Gasteiger charge is -2.09. The number of amides is 1. The van der Waals surface area contributed by atoms with Gasteiger partial charge < -0.3 is 15.0 Å².